The molecule has 3 nitrogen and oxygen atoms in total. The number of aromatic nitrogens is 1. The molecule has 27 heavy (non-hydrogen) atoms. The van der Waals surface area contributed by atoms with Crippen LogP contribution in [0, 0.1) is 6.92 Å². The summed E-state index contributed by atoms with van der Waals surface area (Å²) in [7, 11) is -3.72. The van der Waals surface area contributed by atoms with Gasteiger partial charge in [-0.25, -0.2) is 12.4 Å². The Kier molecular flexibility index (Phi) is 4.58. The van der Waals surface area contributed by atoms with E-state index >= 15 is 0 Å². The first kappa shape index (κ1) is 17.9. The molecule has 5 heteroatoms. The summed E-state index contributed by atoms with van der Waals surface area (Å²) in [5, 5.41) is 1.66. The van der Waals surface area contributed by atoms with Crippen LogP contribution in [0.15, 0.2) is 88.8 Å². The van der Waals surface area contributed by atoms with E-state index in [0.717, 1.165) is 27.1 Å². The number of hydrogen-bond donors (Lipinski definition) is 0. The summed E-state index contributed by atoms with van der Waals surface area (Å²) in [4.78, 5) is 0.295. The highest BCUT2D eigenvalue weighted by Crippen LogP contribution is 2.41. The molecule has 1 aromatic heterocycles. The Hall–Kier alpha value is -2.50. The van der Waals surface area contributed by atoms with Crippen LogP contribution in [0.5, 0.6) is 0 Å². The maximum atomic E-state index is 13.5. The van der Waals surface area contributed by atoms with E-state index in [0.29, 0.717) is 10.4 Å². The standard InChI is InChI=1S/C22H19NO2S2/c1-16-12-14-18(15-13-16)27(24,25)23-20-11-7-6-10-19(20)21(22(23)26-2)17-8-4-3-5-9-17/h3-15H,1-2H3. The van der Waals surface area contributed by atoms with Crippen LogP contribution < -0.4 is 0 Å². The first-order valence-corrected chi connectivity index (χ1v) is 11.3. The SMILES string of the molecule is CSc1c(-c2ccccc2)c2ccccc2n1S(=O)(=O)c1ccc(C)cc1. The lowest BCUT2D eigenvalue weighted by atomic mass is 10.1. The number of aryl methyl sites for hydroxylation is 1. The van der Waals surface area contributed by atoms with Crippen molar-refractivity contribution in [1.29, 1.82) is 0 Å². The molecule has 0 aliphatic carbocycles. The summed E-state index contributed by atoms with van der Waals surface area (Å²) in [5.41, 5.74) is 3.69. The van der Waals surface area contributed by atoms with Crippen LogP contribution in [0.2, 0.25) is 0 Å². The number of hydrogen-bond acceptors (Lipinski definition) is 3. The van der Waals surface area contributed by atoms with Crippen molar-refractivity contribution >= 4 is 32.7 Å². The van der Waals surface area contributed by atoms with Crippen LogP contribution in [-0.2, 0) is 10.0 Å². The third kappa shape index (κ3) is 2.97. The fourth-order valence-electron chi connectivity index (χ4n) is 3.31. The van der Waals surface area contributed by atoms with Gasteiger partial charge in [0.05, 0.1) is 15.4 Å². The lowest BCUT2D eigenvalue weighted by Crippen LogP contribution is -2.14. The summed E-state index contributed by atoms with van der Waals surface area (Å²) in [6.07, 6.45) is 1.92. The zero-order valence-electron chi connectivity index (χ0n) is 15.1. The quantitative estimate of drug-likeness (QED) is 0.425. The summed E-state index contributed by atoms with van der Waals surface area (Å²) in [6.45, 7) is 1.95. The first-order chi connectivity index (χ1) is 13.0. The fraction of sp³-hybridized carbons (Fsp3) is 0.0909. The number of para-hydroxylation sites is 1. The van der Waals surface area contributed by atoms with Gasteiger partial charge in [0.25, 0.3) is 10.0 Å². The van der Waals surface area contributed by atoms with Gasteiger partial charge in [-0.15, -0.1) is 11.8 Å². The summed E-state index contributed by atoms with van der Waals surface area (Å²) in [6, 6.07) is 24.6. The van der Waals surface area contributed by atoms with Gasteiger partial charge in [0.2, 0.25) is 0 Å². The molecular weight excluding hydrogens is 374 g/mol. The van der Waals surface area contributed by atoms with Crippen molar-refractivity contribution in [2.24, 2.45) is 0 Å². The minimum atomic E-state index is -3.72. The number of thioether (sulfide) groups is 1. The van der Waals surface area contributed by atoms with E-state index in [2.05, 4.69) is 0 Å². The maximum absolute atomic E-state index is 13.5. The molecule has 1 heterocycles. The molecule has 0 N–H and O–H groups in total. The molecule has 4 aromatic rings. The molecule has 0 aliphatic rings. The van der Waals surface area contributed by atoms with Gasteiger partial charge < -0.3 is 0 Å². The Morgan fingerprint density at radius 2 is 1.44 bits per heavy atom. The Labute approximate surface area is 163 Å². The van der Waals surface area contributed by atoms with Crippen LogP contribution in [0.1, 0.15) is 5.56 Å². The molecule has 0 fully saturated rings. The van der Waals surface area contributed by atoms with Gasteiger partial charge >= 0.3 is 0 Å². The predicted molar refractivity (Wildman–Crippen MR) is 113 cm³/mol. The van der Waals surface area contributed by atoms with E-state index in [9.17, 15) is 8.42 Å². The van der Waals surface area contributed by atoms with E-state index in [-0.39, 0.29) is 0 Å². The number of fused-ring (bicyclic) bond motifs is 1. The molecule has 4 rings (SSSR count). The van der Waals surface area contributed by atoms with Crippen molar-refractivity contribution in [1.82, 2.24) is 3.97 Å². The molecule has 0 spiro atoms. The molecule has 0 atom stereocenters. The summed E-state index contributed by atoms with van der Waals surface area (Å²) >= 11 is 1.45. The topological polar surface area (TPSA) is 39.1 Å². The number of benzene rings is 3. The van der Waals surface area contributed by atoms with E-state index in [1.165, 1.54) is 15.7 Å². The Morgan fingerprint density at radius 3 is 2.11 bits per heavy atom. The molecule has 0 bridgehead atoms. The molecule has 3 aromatic carbocycles. The normalized spacial score (nSPS) is 11.8. The van der Waals surface area contributed by atoms with Crippen LogP contribution in [0.4, 0.5) is 0 Å². The van der Waals surface area contributed by atoms with Crippen molar-refractivity contribution in [3.8, 4) is 11.1 Å². The minimum absolute atomic E-state index is 0.295. The molecule has 0 unspecified atom stereocenters. The molecule has 0 amide bonds. The van der Waals surface area contributed by atoms with Crippen LogP contribution in [-0.4, -0.2) is 18.6 Å². The first-order valence-electron chi connectivity index (χ1n) is 8.59. The Bertz CT molecular complexity index is 1210. The second kappa shape index (κ2) is 6.91. The Morgan fingerprint density at radius 1 is 0.815 bits per heavy atom. The molecule has 0 saturated carbocycles. The third-order valence-electron chi connectivity index (χ3n) is 4.61. The van der Waals surface area contributed by atoms with Gasteiger partial charge in [0.15, 0.2) is 0 Å². The summed E-state index contributed by atoms with van der Waals surface area (Å²) in [5.74, 6) is 0. The van der Waals surface area contributed by atoms with Gasteiger partial charge in [-0.1, -0.05) is 66.2 Å². The zero-order valence-corrected chi connectivity index (χ0v) is 16.7. The second-order valence-electron chi connectivity index (χ2n) is 6.35. The lowest BCUT2D eigenvalue weighted by molar-refractivity contribution is 0.585. The molecule has 0 radical (unpaired) electrons. The Balaban J connectivity index is 2.09. The molecule has 0 aliphatic heterocycles. The average Bonchev–Trinajstić information content (AvgIpc) is 3.04. The number of nitrogens with zero attached hydrogens (tertiary/aromatic N) is 1. The van der Waals surface area contributed by atoms with Crippen molar-refractivity contribution in [3.63, 3.8) is 0 Å². The van der Waals surface area contributed by atoms with E-state index in [4.69, 9.17) is 0 Å². The molecule has 0 saturated heterocycles. The van der Waals surface area contributed by atoms with Gasteiger partial charge in [0.1, 0.15) is 0 Å². The minimum Gasteiger partial charge on any atom is -0.227 e. The van der Waals surface area contributed by atoms with Crippen LogP contribution in [0.3, 0.4) is 0 Å². The van der Waals surface area contributed by atoms with Crippen LogP contribution >= 0.6 is 11.8 Å². The van der Waals surface area contributed by atoms with Crippen LogP contribution in [0.25, 0.3) is 22.0 Å². The van der Waals surface area contributed by atoms with Crippen molar-refractivity contribution in [2.75, 3.05) is 6.26 Å². The third-order valence-corrected chi connectivity index (χ3v) is 7.22. The lowest BCUT2D eigenvalue weighted by Gasteiger charge is -2.12. The number of rotatable bonds is 4. The van der Waals surface area contributed by atoms with Gasteiger partial charge in [-0.05, 0) is 36.9 Å². The smallest absolute Gasteiger partial charge is 0.227 e. The van der Waals surface area contributed by atoms with Crippen molar-refractivity contribution in [3.05, 3.63) is 84.4 Å². The maximum Gasteiger partial charge on any atom is 0.269 e. The van der Waals surface area contributed by atoms with Crippen molar-refractivity contribution in [2.45, 2.75) is 16.8 Å². The highest BCUT2D eigenvalue weighted by atomic mass is 32.2. The highest BCUT2D eigenvalue weighted by molar-refractivity contribution is 7.99. The predicted octanol–water partition coefficient (Wildman–Crippen LogP) is 5.58. The zero-order chi connectivity index (χ0) is 19.0. The van der Waals surface area contributed by atoms with Gasteiger partial charge in [-0.3, -0.25) is 0 Å². The summed E-state index contributed by atoms with van der Waals surface area (Å²) < 4.78 is 28.6. The van der Waals surface area contributed by atoms with Gasteiger partial charge in [-0.2, -0.15) is 0 Å². The largest absolute Gasteiger partial charge is 0.269 e. The monoisotopic (exact) mass is 393 g/mol. The highest BCUT2D eigenvalue weighted by Gasteiger charge is 2.27. The second-order valence-corrected chi connectivity index (χ2v) is 8.93. The molecule has 136 valence electrons. The average molecular weight is 394 g/mol. The fourth-order valence-corrected chi connectivity index (χ4v) is 5.94. The van der Waals surface area contributed by atoms with E-state index < -0.39 is 10.0 Å². The van der Waals surface area contributed by atoms with Gasteiger partial charge in [0, 0.05) is 10.9 Å². The van der Waals surface area contributed by atoms with E-state index in [1.54, 1.807) is 12.1 Å². The van der Waals surface area contributed by atoms with E-state index in [1.807, 2.05) is 79.9 Å². The molecular formula is C22H19NO2S2. The van der Waals surface area contributed by atoms with Crippen molar-refractivity contribution < 1.29 is 8.42 Å².